The van der Waals surface area contributed by atoms with E-state index >= 15 is 0 Å². The summed E-state index contributed by atoms with van der Waals surface area (Å²) in [5, 5.41) is 9.99. The van der Waals surface area contributed by atoms with Gasteiger partial charge in [-0.05, 0) is 49.8 Å². The zero-order chi connectivity index (χ0) is 18.3. The van der Waals surface area contributed by atoms with Crippen molar-refractivity contribution in [1.82, 2.24) is 9.80 Å². The first-order valence-electron chi connectivity index (χ1n) is 9.53. The average Bonchev–Trinajstić information content (AvgIpc) is 2.91. The largest absolute Gasteiger partial charge is 0.504 e. The number of hydrogen-bond acceptors (Lipinski definition) is 4. The highest BCUT2D eigenvalue weighted by atomic mass is 16.5. The first-order chi connectivity index (χ1) is 12.6. The third-order valence-corrected chi connectivity index (χ3v) is 6.17. The third kappa shape index (κ3) is 3.02. The van der Waals surface area contributed by atoms with Crippen molar-refractivity contribution in [3.8, 4) is 11.5 Å². The number of phenolic OH excluding ortho intramolecular Hbond substituents is 1. The van der Waals surface area contributed by atoms with E-state index in [1.54, 1.807) is 12.1 Å². The number of rotatable bonds is 3. The molecule has 3 heterocycles. The Labute approximate surface area is 153 Å². The van der Waals surface area contributed by atoms with E-state index in [-0.39, 0.29) is 29.5 Å². The summed E-state index contributed by atoms with van der Waals surface area (Å²) < 4.78 is 5.05. The van der Waals surface area contributed by atoms with Gasteiger partial charge in [0.15, 0.2) is 11.5 Å². The lowest BCUT2D eigenvalue weighted by Gasteiger charge is -2.36. The molecule has 2 atom stereocenters. The van der Waals surface area contributed by atoms with Crippen LogP contribution >= 0.6 is 0 Å². The molecule has 1 N–H and O–H groups in total. The third-order valence-electron chi connectivity index (χ3n) is 6.17. The molecule has 6 heteroatoms. The number of phenols is 1. The fourth-order valence-electron chi connectivity index (χ4n) is 4.41. The Morgan fingerprint density at radius 3 is 2.58 bits per heavy atom. The number of aromatic hydroxyl groups is 1. The second-order valence-corrected chi connectivity index (χ2v) is 7.81. The second kappa shape index (κ2) is 6.82. The van der Waals surface area contributed by atoms with E-state index in [9.17, 15) is 14.7 Å². The number of fused-ring (bicyclic) bond motifs is 4. The van der Waals surface area contributed by atoms with E-state index < -0.39 is 0 Å². The van der Waals surface area contributed by atoms with Gasteiger partial charge in [0.25, 0.3) is 5.91 Å². The van der Waals surface area contributed by atoms with Gasteiger partial charge in [0.1, 0.15) is 0 Å². The Balaban J connectivity index is 1.51. The van der Waals surface area contributed by atoms with E-state index in [1.807, 2.05) is 9.80 Å². The van der Waals surface area contributed by atoms with Crippen molar-refractivity contribution in [3.05, 3.63) is 23.8 Å². The Hall–Kier alpha value is -2.24. The molecule has 4 fully saturated rings. The highest BCUT2D eigenvalue weighted by Crippen LogP contribution is 2.34. The van der Waals surface area contributed by atoms with Crippen molar-refractivity contribution in [1.29, 1.82) is 0 Å². The second-order valence-electron chi connectivity index (χ2n) is 7.81. The highest BCUT2D eigenvalue weighted by Gasteiger charge is 2.40. The molecule has 0 aromatic heterocycles. The van der Waals surface area contributed by atoms with Crippen LogP contribution in [0.5, 0.6) is 11.5 Å². The predicted octanol–water partition coefficient (Wildman–Crippen LogP) is 2.26. The molecule has 0 unspecified atom stereocenters. The zero-order valence-corrected chi connectivity index (χ0v) is 15.2. The Morgan fingerprint density at radius 2 is 1.92 bits per heavy atom. The molecule has 1 aromatic carbocycles. The standard InChI is InChI=1S/C20H26N2O4/c1-26-18-8-6-15(9-17(18)23)20(25)22-11-13-5-7-16(22)12-21(10-13)19(24)14-3-2-4-14/h6,8-9,13-14,16,23H,2-5,7,10-12H2,1H3/t13-,16+/m0/s1. The van der Waals surface area contributed by atoms with Crippen LogP contribution < -0.4 is 4.74 Å². The molecule has 0 radical (unpaired) electrons. The van der Waals surface area contributed by atoms with Crippen LogP contribution in [0.2, 0.25) is 0 Å². The van der Waals surface area contributed by atoms with Gasteiger partial charge >= 0.3 is 0 Å². The normalized spacial score (nSPS) is 25.6. The van der Waals surface area contributed by atoms with Crippen molar-refractivity contribution in [2.45, 2.75) is 38.1 Å². The van der Waals surface area contributed by atoms with Crippen molar-refractivity contribution in [2.75, 3.05) is 26.7 Å². The summed E-state index contributed by atoms with van der Waals surface area (Å²) in [5.74, 6) is 1.08. The summed E-state index contributed by atoms with van der Waals surface area (Å²) in [6, 6.07) is 4.84. The maximum Gasteiger partial charge on any atom is 0.254 e. The molecule has 1 aliphatic carbocycles. The molecule has 3 saturated heterocycles. The Bertz CT molecular complexity index is 716. The lowest BCUT2D eigenvalue weighted by molar-refractivity contribution is -0.138. The van der Waals surface area contributed by atoms with Crippen LogP contribution in [0.3, 0.4) is 0 Å². The molecule has 140 valence electrons. The molecule has 5 rings (SSSR count). The van der Waals surface area contributed by atoms with Crippen LogP contribution in [0.15, 0.2) is 18.2 Å². The minimum Gasteiger partial charge on any atom is -0.504 e. The van der Waals surface area contributed by atoms with E-state index in [0.717, 1.165) is 38.6 Å². The quantitative estimate of drug-likeness (QED) is 0.900. The molecule has 1 saturated carbocycles. The summed E-state index contributed by atoms with van der Waals surface area (Å²) in [7, 11) is 1.48. The summed E-state index contributed by atoms with van der Waals surface area (Å²) in [5.41, 5.74) is 0.465. The first-order valence-corrected chi connectivity index (χ1v) is 9.53. The molecule has 2 bridgehead atoms. The number of nitrogens with zero attached hydrogens (tertiary/aromatic N) is 2. The maximum atomic E-state index is 13.0. The molecule has 2 amide bonds. The average molecular weight is 358 g/mol. The molecule has 3 aliphatic heterocycles. The van der Waals surface area contributed by atoms with E-state index in [4.69, 9.17) is 4.74 Å². The van der Waals surface area contributed by atoms with Crippen LogP contribution in [0.1, 0.15) is 42.5 Å². The summed E-state index contributed by atoms with van der Waals surface area (Å²) in [4.78, 5) is 29.6. The molecule has 0 spiro atoms. The number of hydrogen-bond donors (Lipinski definition) is 1. The highest BCUT2D eigenvalue weighted by molar-refractivity contribution is 5.95. The zero-order valence-electron chi connectivity index (χ0n) is 15.2. The lowest BCUT2D eigenvalue weighted by atomic mass is 9.84. The monoisotopic (exact) mass is 358 g/mol. The van der Waals surface area contributed by atoms with Gasteiger partial charge in [0.05, 0.1) is 7.11 Å². The van der Waals surface area contributed by atoms with Gasteiger partial charge in [0, 0.05) is 37.2 Å². The summed E-state index contributed by atoms with van der Waals surface area (Å²) >= 11 is 0. The number of carbonyl (C=O) groups excluding carboxylic acids is 2. The lowest BCUT2D eigenvalue weighted by Crippen LogP contribution is -2.48. The Kier molecular flexibility index (Phi) is 4.51. The van der Waals surface area contributed by atoms with E-state index in [2.05, 4.69) is 0 Å². The van der Waals surface area contributed by atoms with Crippen LogP contribution in [0.25, 0.3) is 0 Å². The summed E-state index contributed by atoms with van der Waals surface area (Å²) in [6.07, 6.45) is 5.18. The molecule has 6 nitrogen and oxygen atoms in total. The van der Waals surface area contributed by atoms with Gasteiger partial charge in [-0.3, -0.25) is 9.59 Å². The van der Waals surface area contributed by atoms with Crippen molar-refractivity contribution in [2.24, 2.45) is 11.8 Å². The number of piperidine rings is 1. The van der Waals surface area contributed by atoms with Crippen LogP contribution in [-0.2, 0) is 4.79 Å². The molecule has 1 aromatic rings. The van der Waals surface area contributed by atoms with Crippen LogP contribution in [0, 0.1) is 11.8 Å². The molecule has 26 heavy (non-hydrogen) atoms. The Morgan fingerprint density at radius 1 is 1.12 bits per heavy atom. The van der Waals surface area contributed by atoms with Gasteiger partial charge in [-0.25, -0.2) is 0 Å². The first kappa shape index (κ1) is 17.2. The minimum absolute atomic E-state index is 0.0277. The van der Waals surface area contributed by atoms with Gasteiger partial charge in [0.2, 0.25) is 5.91 Å². The molecular weight excluding hydrogens is 332 g/mol. The van der Waals surface area contributed by atoms with Gasteiger partial charge in [-0.15, -0.1) is 0 Å². The van der Waals surface area contributed by atoms with Crippen LogP contribution in [-0.4, -0.2) is 59.5 Å². The number of carbonyl (C=O) groups is 2. The maximum absolute atomic E-state index is 13.0. The SMILES string of the molecule is COc1ccc(C(=O)N2C[C@H]3CC[C@@H]2CN(C(=O)C2CCC2)C3)cc1O. The fraction of sp³-hybridized carbons (Fsp3) is 0.600. The fourth-order valence-corrected chi connectivity index (χ4v) is 4.41. The van der Waals surface area contributed by atoms with E-state index in [0.29, 0.717) is 30.3 Å². The van der Waals surface area contributed by atoms with Gasteiger partial charge < -0.3 is 19.6 Å². The van der Waals surface area contributed by atoms with Crippen molar-refractivity contribution < 1.29 is 19.4 Å². The van der Waals surface area contributed by atoms with Crippen LogP contribution in [0.4, 0.5) is 0 Å². The predicted molar refractivity (Wildman–Crippen MR) is 96.1 cm³/mol. The molecular formula is C20H26N2O4. The topological polar surface area (TPSA) is 70.1 Å². The number of ether oxygens (including phenoxy) is 1. The van der Waals surface area contributed by atoms with Crippen molar-refractivity contribution in [3.63, 3.8) is 0 Å². The minimum atomic E-state index is -0.0735. The van der Waals surface area contributed by atoms with Gasteiger partial charge in [-0.2, -0.15) is 0 Å². The smallest absolute Gasteiger partial charge is 0.254 e. The number of benzene rings is 1. The van der Waals surface area contributed by atoms with Gasteiger partial charge in [-0.1, -0.05) is 6.42 Å². The number of methoxy groups -OCH3 is 1. The van der Waals surface area contributed by atoms with Crippen molar-refractivity contribution >= 4 is 11.8 Å². The molecule has 4 aliphatic rings. The number of amides is 2. The summed E-state index contributed by atoms with van der Waals surface area (Å²) in [6.45, 7) is 2.09. The van der Waals surface area contributed by atoms with E-state index in [1.165, 1.54) is 13.2 Å².